The molecule has 2 rings (SSSR count). The molecule has 1 aromatic carbocycles. The zero-order chi connectivity index (χ0) is 20.7. The van der Waals surface area contributed by atoms with Crippen LogP contribution < -0.4 is 15.4 Å². The Kier molecular flexibility index (Phi) is 6.55. The maximum absolute atomic E-state index is 12.0. The molecule has 28 heavy (non-hydrogen) atoms. The van der Waals surface area contributed by atoms with E-state index in [1.165, 1.54) is 27.2 Å². The summed E-state index contributed by atoms with van der Waals surface area (Å²) in [5, 5.41) is 14.2. The lowest BCUT2D eigenvalue weighted by Gasteiger charge is -2.23. The Morgan fingerprint density at radius 3 is 2.57 bits per heavy atom. The zero-order valence-electron chi connectivity index (χ0n) is 16.2. The number of methoxy groups -OCH3 is 1. The summed E-state index contributed by atoms with van der Waals surface area (Å²) >= 11 is 0. The second-order valence-electron chi connectivity index (χ2n) is 6.47. The van der Waals surface area contributed by atoms with E-state index in [-0.39, 0.29) is 0 Å². The Hall–Kier alpha value is -3.60. The molecule has 0 radical (unpaired) electrons. The van der Waals surface area contributed by atoms with Crippen LogP contribution in [0.5, 0.6) is 11.6 Å². The third kappa shape index (κ3) is 5.20. The van der Waals surface area contributed by atoms with Gasteiger partial charge < -0.3 is 20.1 Å². The molecule has 146 valence electrons. The van der Waals surface area contributed by atoms with Crippen LogP contribution in [0.2, 0.25) is 0 Å². The molecule has 0 aliphatic carbocycles. The number of carbonyl (C=O) groups excluding carboxylic acids is 2. The standard InChI is InChI=1S/C20H22N4O4/c1-5-13-10-16(8-6-14(13)11-21)28-17-9-7-15(12-22-17)23-19(26)24-20(2,3)18(25)27-4/h6-10,12H,5H2,1-4H3,(H2,23,24,26). The topological polar surface area (TPSA) is 113 Å². The number of rotatable bonds is 6. The molecule has 2 amide bonds. The average molecular weight is 382 g/mol. The minimum atomic E-state index is -1.16. The van der Waals surface area contributed by atoms with Gasteiger partial charge in [0.05, 0.1) is 30.6 Å². The lowest BCUT2D eigenvalue weighted by Crippen LogP contribution is -2.51. The number of hydrogen-bond acceptors (Lipinski definition) is 6. The normalized spacial score (nSPS) is 10.5. The predicted molar refractivity (Wildman–Crippen MR) is 103 cm³/mol. The maximum Gasteiger partial charge on any atom is 0.331 e. The number of pyridine rings is 1. The summed E-state index contributed by atoms with van der Waals surface area (Å²) < 4.78 is 10.3. The Morgan fingerprint density at radius 2 is 2.00 bits per heavy atom. The van der Waals surface area contributed by atoms with Crippen LogP contribution in [0.3, 0.4) is 0 Å². The number of aromatic nitrogens is 1. The van der Waals surface area contributed by atoms with Gasteiger partial charge in [0.15, 0.2) is 0 Å². The highest BCUT2D eigenvalue weighted by molar-refractivity contribution is 5.93. The number of amides is 2. The first-order valence-corrected chi connectivity index (χ1v) is 8.63. The van der Waals surface area contributed by atoms with Crippen molar-refractivity contribution in [1.29, 1.82) is 5.26 Å². The van der Waals surface area contributed by atoms with Crippen molar-refractivity contribution in [3.63, 3.8) is 0 Å². The number of ether oxygens (including phenoxy) is 2. The number of aryl methyl sites for hydroxylation is 1. The largest absolute Gasteiger partial charge is 0.467 e. The van der Waals surface area contributed by atoms with Gasteiger partial charge in [-0.05, 0) is 50.1 Å². The second-order valence-corrected chi connectivity index (χ2v) is 6.47. The number of urea groups is 1. The van der Waals surface area contributed by atoms with Gasteiger partial charge >= 0.3 is 12.0 Å². The Morgan fingerprint density at radius 1 is 1.25 bits per heavy atom. The molecule has 1 aromatic heterocycles. The summed E-state index contributed by atoms with van der Waals surface area (Å²) in [7, 11) is 1.25. The fourth-order valence-corrected chi connectivity index (χ4v) is 2.42. The summed E-state index contributed by atoms with van der Waals surface area (Å²) in [5.41, 5.74) is 0.771. The van der Waals surface area contributed by atoms with Gasteiger partial charge in [-0.3, -0.25) is 0 Å². The Labute approximate surface area is 163 Å². The fraction of sp³-hybridized carbons (Fsp3) is 0.300. The summed E-state index contributed by atoms with van der Waals surface area (Å²) in [5.74, 6) is 0.354. The van der Waals surface area contributed by atoms with Gasteiger partial charge in [-0.2, -0.15) is 5.26 Å². The van der Waals surface area contributed by atoms with Crippen molar-refractivity contribution in [2.24, 2.45) is 0 Å². The number of anilines is 1. The minimum absolute atomic E-state index is 0.340. The highest BCUT2D eigenvalue weighted by Crippen LogP contribution is 2.23. The molecule has 0 saturated carbocycles. The molecule has 0 saturated heterocycles. The lowest BCUT2D eigenvalue weighted by atomic mass is 10.1. The van der Waals surface area contributed by atoms with Crippen molar-refractivity contribution in [3.8, 4) is 17.7 Å². The van der Waals surface area contributed by atoms with E-state index >= 15 is 0 Å². The third-order valence-corrected chi connectivity index (χ3v) is 3.92. The van der Waals surface area contributed by atoms with Crippen molar-refractivity contribution >= 4 is 17.7 Å². The molecule has 0 bridgehead atoms. The van der Waals surface area contributed by atoms with Gasteiger partial charge in [-0.15, -0.1) is 0 Å². The molecule has 0 unspecified atom stereocenters. The van der Waals surface area contributed by atoms with Crippen LogP contribution in [0.4, 0.5) is 10.5 Å². The van der Waals surface area contributed by atoms with E-state index < -0.39 is 17.5 Å². The van der Waals surface area contributed by atoms with Crippen LogP contribution >= 0.6 is 0 Å². The van der Waals surface area contributed by atoms with Crippen molar-refractivity contribution in [3.05, 3.63) is 47.7 Å². The molecule has 2 N–H and O–H groups in total. The molecule has 0 aliphatic heterocycles. The molecular weight excluding hydrogens is 360 g/mol. The van der Waals surface area contributed by atoms with Gasteiger partial charge in [0.1, 0.15) is 11.3 Å². The number of hydrogen-bond donors (Lipinski definition) is 2. The Balaban J connectivity index is 2.01. The first-order valence-electron chi connectivity index (χ1n) is 8.63. The quantitative estimate of drug-likeness (QED) is 0.741. The summed E-state index contributed by atoms with van der Waals surface area (Å²) in [4.78, 5) is 27.8. The van der Waals surface area contributed by atoms with E-state index in [0.717, 1.165) is 5.56 Å². The molecule has 0 fully saturated rings. The smallest absolute Gasteiger partial charge is 0.331 e. The lowest BCUT2D eigenvalue weighted by molar-refractivity contribution is -0.146. The highest BCUT2D eigenvalue weighted by Gasteiger charge is 2.30. The van der Waals surface area contributed by atoms with Gasteiger partial charge in [-0.1, -0.05) is 6.92 Å². The van der Waals surface area contributed by atoms with Gasteiger partial charge in [0.2, 0.25) is 5.88 Å². The van der Waals surface area contributed by atoms with Gasteiger partial charge in [0.25, 0.3) is 0 Å². The number of nitrogens with zero attached hydrogens (tertiary/aromatic N) is 2. The van der Waals surface area contributed by atoms with E-state index in [1.54, 1.807) is 30.3 Å². The molecule has 0 aliphatic rings. The van der Waals surface area contributed by atoms with Crippen LogP contribution in [0.1, 0.15) is 31.9 Å². The monoisotopic (exact) mass is 382 g/mol. The second kappa shape index (κ2) is 8.86. The van der Waals surface area contributed by atoms with Crippen LogP contribution in [-0.2, 0) is 16.0 Å². The van der Waals surface area contributed by atoms with Crippen molar-refractivity contribution in [1.82, 2.24) is 10.3 Å². The number of nitriles is 1. The van der Waals surface area contributed by atoms with Gasteiger partial charge in [-0.25, -0.2) is 14.6 Å². The average Bonchev–Trinajstić information content (AvgIpc) is 2.68. The van der Waals surface area contributed by atoms with E-state index in [9.17, 15) is 9.59 Å². The molecule has 8 nitrogen and oxygen atoms in total. The van der Waals surface area contributed by atoms with E-state index in [1.807, 2.05) is 6.92 Å². The highest BCUT2D eigenvalue weighted by atomic mass is 16.5. The first kappa shape index (κ1) is 20.7. The third-order valence-electron chi connectivity index (χ3n) is 3.92. The van der Waals surface area contributed by atoms with Gasteiger partial charge in [0, 0.05) is 6.07 Å². The fourth-order valence-electron chi connectivity index (χ4n) is 2.42. The predicted octanol–water partition coefficient (Wildman–Crippen LogP) is 3.38. The Bertz CT molecular complexity index is 901. The van der Waals surface area contributed by atoms with E-state index in [0.29, 0.717) is 29.3 Å². The summed E-state index contributed by atoms with van der Waals surface area (Å²) in [6.45, 7) is 5.04. The number of nitrogens with one attached hydrogen (secondary N) is 2. The van der Waals surface area contributed by atoms with Crippen molar-refractivity contribution in [2.75, 3.05) is 12.4 Å². The minimum Gasteiger partial charge on any atom is -0.467 e. The van der Waals surface area contributed by atoms with Crippen molar-refractivity contribution in [2.45, 2.75) is 32.7 Å². The zero-order valence-corrected chi connectivity index (χ0v) is 16.2. The summed E-state index contributed by atoms with van der Waals surface area (Å²) in [6.07, 6.45) is 2.15. The van der Waals surface area contributed by atoms with Crippen LogP contribution in [0.25, 0.3) is 0 Å². The molecule has 0 spiro atoms. The summed E-state index contributed by atoms with van der Waals surface area (Å²) in [6, 6.07) is 10.0. The number of esters is 1. The van der Waals surface area contributed by atoms with Crippen LogP contribution in [-0.4, -0.2) is 29.6 Å². The van der Waals surface area contributed by atoms with E-state index in [2.05, 4.69) is 26.4 Å². The maximum atomic E-state index is 12.0. The molecular formula is C20H22N4O4. The van der Waals surface area contributed by atoms with E-state index in [4.69, 9.17) is 10.00 Å². The molecule has 8 heteroatoms. The molecule has 2 aromatic rings. The SMILES string of the molecule is CCc1cc(Oc2ccc(NC(=O)NC(C)(C)C(=O)OC)cn2)ccc1C#N. The number of carbonyl (C=O) groups is 2. The van der Waals surface area contributed by atoms with Crippen molar-refractivity contribution < 1.29 is 19.1 Å². The molecule has 0 atom stereocenters. The van der Waals surface area contributed by atoms with Crippen LogP contribution in [0, 0.1) is 11.3 Å². The first-order chi connectivity index (χ1) is 13.3. The van der Waals surface area contributed by atoms with Crippen LogP contribution in [0.15, 0.2) is 36.5 Å². The number of benzene rings is 1. The molecule has 1 heterocycles.